The van der Waals surface area contributed by atoms with Gasteiger partial charge in [0.25, 0.3) is 0 Å². The Morgan fingerprint density at radius 1 is 1.14 bits per heavy atom. The van der Waals surface area contributed by atoms with Crippen LogP contribution >= 0.6 is 23.2 Å². The van der Waals surface area contributed by atoms with Gasteiger partial charge in [0.2, 0.25) is 11.8 Å². The monoisotopic (exact) mass is 330 g/mol. The first-order valence-corrected chi connectivity index (χ1v) is 7.45. The van der Waals surface area contributed by atoms with Crippen LogP contribution in [0.3, 0.4) is 0 Å². The third-order valence-electron chi connectivity index (χ3n) is 3.01. The molecule has 0 aliphatic heterocycles. The first kappa shape index (κ1) is 17.8. The molecule has 1 aromatic rings. The number of para-hydroxylation sites is 1. The van der Waals surface area contributed by atoms with Gasteiger partial charge >= 0.3 is 0 Å². The van der Waals surface area contributed by atoms with Crippen LogP contribution in [0.2, 0.25) is 10.0 Å². The van der Waals surface area contributed by atoms with Crippen LogP contribution in [-0.2, 0) is 9.59 Å². The summed E-state index contributed by atoms with van der Waals surface area (Å²) in [5, 5.41) is 6.03. The number of anilines is 1. The van der Waals surface area contributed by atoms with Gasteiger partial charge in [-0.25, -0.2) is 0 Å². The predicted octanol–water partition coefficient (Wildman–Crippen LogP) is 3.73. The van der Waals surface area contributed by atoms with Crippen molar-refractivity contribution in [3.8, 4) is 0 Å². The third-order valence-corrected chi connectivity index (χ3v) is 3.64. The van der Waals surface area contributed by atoms with Crippen LogP contribution in [0.4, 0.5) is 5.69 Å². The van der Waals surface area contributed by atoms with Crippen molar-refractivity contribution in [3.63, 3.8) is 0 Å². The highest BCUT2D eigenvalue weighted by Crippen LogP contribution is 2.31. The number of carbonyl (C=O) groups excluding carboxylic acids is 2. The highest BCUT2D eigenvalue weighted by atomic mass is 35.5. The van der Waals surface area contributed by atoms with E-state index in [0.717, 1.165) is 0 Å². The highest BCUT2D eigenvalue weighted by Gasteiger charge is 2.36. The van der Waals surface area contributed by atoms with Gasteiger partial charge in [-0.15, -0.1) is 0 Å². The molecule has 0 aliphatic carbocycles. The van der Waals surface area contributed by atoms with Gasteiger partial charge in [0.1, 0.15) is 5.41 Å². The van der Waals surface area contributed by atoms with Crippen LogP contribution in [0.1, 0.15) is 27.7 Å². The number of rotatable bonds is 5. The summed E-state index contributed by atoms with van der Waals surface area (Å²) < 4.78 is 0. The molecule has 0 aromatic heterocycles. The Morgan fingerprint density at radius 3 is 2.14 bits per heavy atom. The Labute approximate surface area is 135 Å². The van der Waals surface area contributed by atoms with Gasteiger partial charge in [0.15, 0.2) is 0 Å². The van der Waals surface area contributed by atoms with Gasteiger partial charge < -0.3 is 10.6 Å². The minimum atomic E-state index is -1.22. The van der Waals surface area contributed by atoms with Gasteiger partial charge in [-0.05, 0) is 31.9 Å². The number of hydrogen-bond donors (Lipinski definition) is 2. The maximum atomic E-state index is 12.3. The average molecular weight is 331 g/mol. The number of halogens is 2. The lowest BCUT2D eigenvalue weighted by Gasteiger charge is -2.24. The molecule has 21 heavy (non-hydrogen) atoms. The zero-order valence-corrected chi connectivity index (χ0v) is 14.1. The molecule has 6 heteroatoms. The second kappa shape index (κ2) is 7.14. The number of nitrogens with one attached hydrogen (secondary N) is 2. The van der Waals surface area contributed by atoms with Crippen LogP contribution < -0.4 is 10.6 Å². The summed E-state index contributed by atoms with van der Waals surface area (Å²) in [5.74, 6) is -0.485. The SMILES string of the molecule is CC(C)CNC(=O)C(C)(C)C(=O)Nc1c(Cl)cccc1Cl. The Balaban J connectivity index is 2.84. The topological polar surface area (TPSA) is 58.2 Å². The van der Waals surface area contributed by atoms with Gasteiger partial charge in [0.05, 0.1) is 15.7 Å². The molecule has 0 saturated heterocycles. The van der Waals surface area contributed by atoms with E-state index in [1.165, 1.54) is 0 Å². The molecule has 2 amide bonds. The molecule has 0 fully saturated rings. The number of hydrogen-bond acceptors (Lipinski definition) is 2. The van der Waals surface area contributed by atoms with Gasteiger partial charge in [0, 0.05) is 6.54 Å². The Kier molecular flexibility index (Phi) is 6.05. The van der Waals surface area contributed by atoms with Crippen molar-refractivity contribution >= 4 is 40.7 Å². The molecule has 116 valence electrons. The van der Waals surface area contributed by atoms with Crippen molar-refractivity contribution in [2.45, 2.75) is 27.7 Å². The van der Waals surface area contributed by atoms with Crippen LogP contribution in [0.15, 0.2) is 18.2 Å². The molecule has 2 N–H and O–H groups in total. The number of amides is 2. The fourth-order valence-electron chi connectivity index (χ4n) is 1.51. The van der Waals surface area contributed by atoms with Crippen molar-refractivity contribution in [2.24, 2.45) is 11.3 Å². The normalized spacial score (nSPS) is 11.4. The molecule has 0 atom stereocenters. The van der Waals surface area contributed by atoms with E-state index in [1.54, 1.807) is 32.0 Å². The van der Waals surface area contributed by atoms with E-state index >= 15 is 0 Å². The Morgan fingerprint density at radius 2 is 1.67 bits per heavy atom. The molecule has 0 bridgehead atoms. The van der Waals surface area contributed by atoms with Crippen LogP contribution in [0.25, 0.3) is 0 Å². The van der Waals surface area contributed by atoms with E-state index in [9.17, 15) is 9.59 Å². The average Bonchev–Trinajstić information content (AvgIpc) is 2.39. The van der Waals surface area contributed by atoms with Crippen molar-refractivity contribution in [1.82, 2.24) is 5.32 Å². The van der Waals surface area contributed by atoms with Crippen molar-refractivity contribution in [3.05, 3.63) is 28.2 Å². The first-order chi connectivity index (χ1) is 9.66. The molecule has 0 aliphatic rings. The summed E-state index contributed by atoms with van der Waals surface area (Å²) >= 11 is 12.0. The Bertz CT molecular complexity index is 522. The molecule has 1 aromatic carbocycles. The fraction of sp³-hybridized carbons (Fsp3) is 0.467. The minimum Gasteiger partial charge on any atom is -0.355 e. The van der Waals surface area contributed by atoms with E-state index in [1.807, 2.05) is 13.8 Å². The predicted molar refractivity (Wildman–Crippen MR) is 86.7 cm³/mol. The lowest BCUT2D eigenvalue weighted by atomic mass is 9.90. The third kappa shape index (κ3) is 4.61. The molecule has 1 rings (SSSR count). The maximum absolute atomic E-state index is 12.3. The van der Waals surface area contributed by atoms with Crippen molar-refractivity contribution in [1.29, 1.82) is 0 Å². The first-order valence-electron chi connectivity index (χ1n) is 6.70. The molecule has 0 heterocycles. The summed E-state index contributed by atoms with van der Waals surface area (Å²) in [6.45, 7) is 7.60. The summed E-state index contributed by atoms with van der Waals surface area (Å²) in [5.41, 5.74) is -0.909. The quantitative estimate of drug-likeness (QED) is 0.808. The fourth-order valence-corrected chi connectivity index (χ4v) is 2.00. The molecule has 0 saturated carbocycles. The van der Waals surface area contributed by atoms with Gasteiger partial charge in [-0.1, -0.05) is 43.1 Å². The lowest BCUT2D eigenvalue weighted by molar-refractivity contribution is -0.138. The van der Waals surface area contributed by atoms with Crippen molar-refractivity contribution in [2.75, 3.05) is 11.9 Å². The van der Waals surface area contributed by atoms with Crippen molar-refractivity contribution < 1.29 is 9.59 Å². The summed E-state index contributed by atoms with van der Waals surface area (Å²) in [6, 6.07) is 4.92. The second-order valence-corrected chi connectivity index (χ2v) is 6.59. The largest absolute Gasteiger partial charge is 0.355 e. The molecule has 0 unspecified atom stereocenters. The summed E-state index contributed by atoms with van der Waals surface area (Å²) in [4.78, 5) is 24.5. The molecular weight excluding hydrogens is 311 g/mol. The smallest absolute Gasteiger partial charge is 0.239 e. The zero-order valence-electron chi connectivity index (χ0n) is 12.6. The van der Waals surface area contributed by atoms with Gasteiger partial charge in [-0.3, -0.25) is 9.59 Å². The molecule has 4 nitrogen and oxygen atoms in total. The summed E-state index contributed by atoms with van der Waals surface area (Å²) in [6.07, 6.45) is 0. The zero-order chi connectivity index (χ0) is 16.2. The summed E-state index contributed by atoms with van der Waals surface area (Å²) in [7, 11) is 0. The number of benzene rings is 1. The standard InChI is InChI=1S/C15H20Cl2N2O2/c1-9(2)8-18-13(20)15(3,4)14(21)19-12-10(16)6-5-7-11(12)17/h5-7,9H,8H2,1-4H3,(H,18,20)(H,19,21). The van der Waals surface area contributed by atoms with E-state index in [2.05, 4.69) is 10.6 Å². The van der Waals surface area contributed by atoms with Crippen LogP contribution in [-0.4, -0.2) is 18.4 Å². The second-order valence-electron chi connectivity index (χ2n) is 5.78. The highest BCUT2D eigenvalue weighted by molar-refractivity contribution is 6.40. The van der Waals surface area contributed by atoms with E-state index < -0.39 is 11.3 Å². The van der Waals surface area contributed by atoms with Crippen LogP contribution in [0, 0.1) is 11.3 Å². The van der Waals surface area contributed by atoms with E-state index in [-0.39, 0.29) is 5.91 Å². The van der Waals surface area contributed by atoms with E-state index in [4.69, 9.17) is 23.2 Å². The minimum absolute atomic E-state index is 0.311. The molecule has 0 radical (unpaired) electrons. The molecular formula is C15H20Cl2N2O2. The maximum Gasteiger partial charge on any atom is 0.239 e. The lowest BCUT2D eigenvalue weighted by Crippen LogP contribution is -2.46. The number of carbonyl (C=O) groups is 2. The molecule has 0 spiro atoms. The van der Waals surface area contributed by atoms with Crippen LogP contribution in [0.5, 0.6) is 0 Å². The van der Waals surface area contributed by atoms with E-state index in [0.29, 0.717) is 28.2 Å². The Hall–Kier alpha value is -1.26. The van der Waals surface area contributed by atoms with Gasteiger partial charge in [-0.2, -0.15) is 0 Å².